The number of likely N-dealkylation sites (tertiary alicyclic amines) is 1. The standard InChI is InChI=1S/C28H32B3FN6O3/c1-16(2)18-5-6-22(40-15-17-4-7-26(39)37(17)3)20-13-34-25(12-19(18)20)35-24-8-10-33-27(36-24)38-11-9-23(21(32)14-38)41-28(29,30)31/h5-6,8,10,12-13,16-17,21,23H,4,7,9,11,14-15H2,1-3H3,(H,33,34,35,36). The molecule has 0 spiro atoms. The van der Waals surface area contributed by atoms with Crippen molar-refractivity contribution in [3.8, 4) is 5.75 Å². The van der Waals surface area contributed by atoms with Crippen LogP contribution in [0.25, 0.3) is 10.8 Å². The van der Waals surface area contributed by atoms with E-state index in [1.54, 1.807) is 28.3 Å². The van der Waals surface area contributed by atoms with Crippen molar-refractivity contribution in [1.82, 2.24) is 19.9 Å². The number of rotatable bonds is 9. The first-order chi connectivity index (χ1) is 19.5. The minimum atomic E-state index is -1.89. The van der Waals surface area contributed by atoms with Crippen LogP contribution < -0.4 is 15.0 Å². The van der Waals surface area contributed by atoms with Gasteiger partial charge in [-0.15, -0.1) is 0 Å². The number of halogens is 1. The first-order valence-corrected chi connectivity index (χ1v) is 13.8. The smallest absolute Gasteiger partial charge is 0.227 e. The Kier molecular flexibility index (Phi) is 8.45. The normalized spacial score (nSPS) is 21.6. The zero-order chi connectivity index (χ0) is 29.3. The van der Waals surface area contributed by atoms with Gasteiger partial charge in [-0.2, -0.15) is 4.98 Å². The van der Waals surface area contributed by atoms with Gasteiger partial charge >= 0.3 is 0 Å². The van der Waals surface area contributed by atoms with Gasteiger partial charge in [-0.3, -0.25) is 4.79 Å². The van der Waals surface area contributed by atoms with Gasteiger partial charge in [0.05, 0.1) is 42.2 Å². The van der Waals surface area contributed by atoms with Crippen LogP contribution in [0.15, 0.2) is 36.7 Å². The number of nitrogens with one attached hydrogen (secondary N) is 1. The Bertz CT molecular complexity index is 1410. The molecule has 3 unspecified atom stereocenters. The van der Waals surface area contributed by atoms with E-state index in [9.17, 15) is 9.18 Å². The average molecular weight is 552 g/mol. The number of carbonyl (C=O) groups is 1. The monoisotopic (exact) mass is 552 g/mol. The van der Waals surface area contributed by atoms with Crippen molar-refractivity contribution in [1.29, 1.82) is 0 Å². The Labute approximate surface area is 243 Å². The van der Waals surface area contributed by atoms with Crippen LogP contribution in [0.3, 0.4) is 0 Å². The van der Waals surface area contributed by atoms with E-state index in [2.05, 4.69) is 40.2 Å². The number of benzene rings is 1. The molecule has 3 atom stereocenters. The lowest BCUT2D eigenvalue weighted by molar-refractivity contribution is -0.127. The number of hydrogen-bond donors (Lipinski definition) is 1. The molecule has 41 heavy (non-hydrogen) atoms. The van der Waals surface area contributed by atoms with E-state index < -0.39 is 17.6 Å². The SMILES string of the molecule is [B]C([B])([B])OC1CCN(c2nccc(Nc3cc4c(C(C)C)ccc(OCC5CCC(=O)N5C)c4cn3)n2)CC1F. The number of piperidine rings is 1. The molecule has 1 N–H and O–H groups in total. The number of amides is 1. The fourth-order valence-electron chi connectivity index (χ4n) is 5.34. The van der Waals surface area contributed by atoms with Gasteiger partial charge in [0.15, 0.2) is 0 Å². The van der Waals surface area contributed by atoms with Crippen LogP contribution in [-0.4, -0.2) is 99.7 Å². The van der Waals surface area contributed by atoms with Crippen LogP contribution in [-0.2, 0) is 9.53 Å². The lowest BCUT2D eigenvalue weighted by Gasteiger charge is -2.38. The average Bonchev–Trinajstić information content (AvgIpc) is 3.24. The quantitative estimate of drug-likeness (QED) is 0.406. The highest BCUT2D eigenvalue weighted by molar-refractivity contribution is 6.58. The van der Waals surface area contributed by atoms with Crippen molar-refractivity contribution in [3.05, 3.63) is 42.2 Å². The molecule has 3 aromatic rings. The number of likely N-dealkylation sites (N-methyl/N-ethyl adjacent to an activating group) is 1. The molecule has 4 heterocycles. The molecule has 2 aliphatic heterocycles. The molecule has 208 valence electrons. The molecular formula is C28H32B3FN6O3. The molecular weight excluding hydrogens is 520 g/mol. The minimum Gasteiger partial charge on any atom is -0.491 e. The lowest BCUT2D eigenvalue weighted by atomic mass is 9.52. The summed E-state index contributed by atoms with van der Waals surface area (Å²) >= 11 is 0. The summed E-state index contributed by atoms with van der Waals surface area (Å²) in [7, 11) is 18.3. The van der Waals surface area contributed by atoms with Crippen LogP contribution >= 0.6 is 0 Å². The molecule has 2 fully saturated rings. The molecule has 0 bridgehead atoms. The van der Waals surface area contributed by atoms with Gasteiger partial charge in [0.2, 0.25) is 11.9 Å². The summed E-state index contributed by atoms with van der Waals surface area (Å²) in [5.41, 5.74) is 1.16. The molecule has 5 rings (SSSR count). The Morgan fingerprint density at radius 2 is 1.95 bits per heavy atom. The fourth-order valence-corrected chi connectivity index (χ4v) is 5.34. The number of carbonyl (C=O) groups excluding carboxylic acids is 1. The number of anilines is 3. The third kappa shape index (κ3) is 6.77. The summed E-state index contributed by atoms with van der Waals surface area (Å²) < 4.78 is 26.2. The van der Waals surface area contributed by atoms with Crippen molar-refractivity contribution < 1.29 is 18.7 Å². The number of fused-ring (bicyclic) bond motifs is 1. The van der Waals surface area contributed by atoms with Crippen LogP contribution in [0, 0.1) is 0 Å². The summed E-state index contributed by atoms with van der Waals surface area (Å²) in [5.74, 6) is 2.65. The third-order valence-electron chi connectivity index (χ3n) is 7.60. The van der Waals surface area contributed by atoms with Gasteiger partial charge in [-0.25, -0.2) is 14.4 Å². The van der Waals surface area contributed by atoms with E-state index in [-0.39, 0.29) is 24.4 Å². The summed E-state index contributed by atoms with van der Waals surface area (Å²) in [6.45, 7) is 5.17. The zero-order valence-corrected chi connectivity index (χ0v) is 23.6. The van der Waals surface area contributed by atoms with E-state index in [4.69, 9.17) is 33.0 Å². The van der Waals surface area contributed by atoms with Crippen molar-refractivity contribution in [3.63, 3.8) is 0 Å². The second kappa shape index (κ2) is 11.9. The van der Waals surface area contributed by atoms with E-state index >= 15 is 0 Å². The molecule has 2 aliphatic rings. The highest BCUT2D eigenvalue weighted by Crippen LogP contribution is 2.34. The van der Waals surface area contributed by atoms with Crippen LogP contribution in [0.5, 0.6) is 5.75 Å². The number of hydrogen-bond acceptors (Lipinski definition) is 8. The Hall–Kier alpha value is -3.34. The van der Waals surface area contributed by atoms with Crippen molar-refractivity contribution >= 4 is 57.8 Å². The van der Waals surface area contributed by atoms with Crippen LogP contribution in [0.4, 0.5) is 22.0 Å². The maximum absolute atomic E-state index is 14.8. The maximum atomic E-state index is 14.8. The van der Waals surface area contributed by atoms with Crippen molar-refractivity contribution in [2.75, 3.05) is 37.0 Å². The number of nitrogens with zero attached hydrogens (tertiary/aromatic N) is 5. The second-order valence-corrected chi connectivity index (χ2v) is 11.1. The van der Waals surface area contributed by atoms with Gasteiger partial charge in [0.25, 0.3) is 0 Å². The van der Waals surface area contributed by atoms with E-state index in [1.165, 1.54) is 0 Å². The molecule has 0 saturated carbocycles. The highest BCUT2D eigenvalue weighted by Gasteiger charge is 2.33. The summed E-state index contributed by atoms with van der Waals surface area (Å²) in [6, 6.07) is 7.81. The molecule has 13 heteroatoms. The van der Waals surface area contributed by atoms with E-state index in [0.717, 1.165) is 28.5 Å². The molecule has 6 radical (unpaired) electrons. The molecule has 0 aliphatic carbocycles. The maximum Gasteiger partial charge on any atom is 0.227 e. The summed E-state index contributed by atoms with van der Waals surface area (Å²) in [5, 5.41) is 3.28. The third-order valence-corrected chi connectivity index (χ3v) is 7.60. The lowest BCUT2D eigenvalue weighted by Crippen LogP contribution is -2.50. The first kappa shape index (κ1) is 29.2. The number of pyridine rings is 1. The predicted molar refractivity (Wildman–Crippen MR) is 159 cm³/mol. The topological polar surface area (TPSA) is 92.7 Å². The molecule has 1 amide bonds. The predicted octanol–water partition coefficient (Wildman–Crippen LogP) is 2.94. The Morgan fingerprint density at radius 1 is 1.15 bits per heavy atom. The molecule has 1 aromatic carbocycles. The zero-order valence-electron chi connectivity index (χ0n) is 23.6. The summed E-state index contributed by atoms with van der Waals surface area (Å²) in [6.07, 6.45) is 2.91. The van der Waals surface area contributed by atoms with Gasteiger partial charge in [0.1, 0.15) is 30.2 Å². The van der Waals surface area contributed by atoms with Gasteiger partial charge < -0.3 is 24.6 Å². The summed E-state index contributed by atoms with van der Waals surface area (Å²) in [4.78, 5) is 29.0. The van der Waals surface area contributed by atoms with Crippen LogP contribution in [0.2, 0.25) is 0 Å². The molecule has 2 aromatic heterocycles. The highest BCUT2D eigenvalue weighted by atomic mass is 19.1. The minimum absolute atomic E-state index is 0.0176. The largest absolute Gasteiger partial charge is 0.491 e. The van der Waals surface area contributed by atoms with E-state index in [0.29, 0.717) is 43.6 Å². The van der Waals surface area contributed by atoms with Crippen LogP contribution in [0.1, 0.15) is 44.6 Å². The van der Waals surface area contributed by atoms with Gasteiger partial charge in [0, 0.05) is 37.8 Å². The Balaban J connectivity index is 1.32. The van der Waals surface area contributed by atoms with Gasteiger partial charge in [-0.05, 0) is 53.2 Å². The fraction of sp³-hybridized carbons (Fsp3) is 0.500. The molecule has 9 nitrogen and oxygen atoms in total. The number of aromatic nitrogens is 3. The second-order valence-electron chi connectivity index (χ2n) is 11.1. The number of ether oxygens (including phenoxy) is 2. The Morgan fingerprint density at radius 3 is 2.63 bits per heavy atom. The van der Waals surface area contributed by atoms with Crippen molar-refractivity contribution in [2.45, 2.75) is 62.6 Å². The van der Waals surface area contributed by atoms with Gasteiger partial charge in [-0.1, -0.05) is 19.9 Å². The molecule has 2 saturated heterocycles. The van der Waals surface area contributed by atoms with E-state index in [1.807, 2.05) is 19.2 Å². The first-order valence-electron chi connectivity index (χ1n) is 13.8. The number of alkyl halides is 1. The van der Waals surface area contributed by atoms with Crippen molar-refractivity contribution in [2.24, 2.45) is 0 Å².